The molecule has 2 unspecified atom stereocenters. The van der Waals surface area contributed by atoms with Gasteiger partial charge in [0, 0.05) is 14.2 Å². The maximum Gasteiger partial charge on any atom is 0.334 e. The van der Waals surface area contributed by atoms with Crippen molar-refractivity contribution in [3.05, 3.63) is 0 Å². The number of hydrogen-bond donors (Lipinski definition) is 0. The lowest BCUT2D eigenvalue weighted by molar-refractivity contribution is -0.154. The molecule has 0 aliphatic rings. The van der Waals surface area contributed by atoms with Crippen LogP contribution in [-0.2, 0) is 28.5 Å². The summed E-state index contributed by atoms with van der Waals surface area (Å²) >= 11 is 0. The van der Waals surface area contributed by atoms with Crippen LogP contribution in [0.25, 0.3) is 0 Å². The summed E-state index contributed by atoms with van der Waals surface area (Å²) in [5.41, 5.74) is 0. The molecule has 0 saturated heterocycles. The summed E-state index contributed by atoms with van der Waals surface area (Å²) in [4.78, 5) is 21.4. The van der Waals surface area contributed by atoms with E-state index < -0.39 is 12.2 Å². The Hall–Kier alpha value is -1.14. The molecule has 6 nitrogen and oxygen atoms in total. The number of methoxy groups -OCH3 is 2. The molecule has 0 saturated carbocycles. The molecule has 0 bridgehead atoms. The zero-order valence-corrected chi connectivity index (χ0v) is 12.7. The Morgan fingerprint density at radius 1 is 0.895 bits per heavy atom. The first-order valence-electron chi connectivity index (χ1n) is 6.33. The van der Waals surface area contributed by atoms with Crippen molar-refractivity contribution in [2.75, 3.05) is 27.4 Å². The van der Waals surface area contributed by atoms with Gasteiger partial charge in [0.25, 0.3) is 0 Å². The molecule has 0 aromatic carbocycles. The van der Waals surface area contributed by atoms with Crippen LogP contribution < -0.4 is 0 Å². The normalized spacial score (nSPS) is 12.7. The first-order chi connectivity index (χ1) is 8.94. The molecule has 0 N–H and O–H groups in total. The number of hydrogen-bond acceptors (Lipinski definition) is 6. The summed E-state index contributed by atoms with van der Waals surface area (Å²) in [6, 6.07) is 0. The van der Waals surface area contributed by atoms with E-state index in [0.717, 1.165) is 6.42 Å². The maximum absolute atomic E-state index is 10.8. The van der Waals surface area contributed by atoms with Crippen LogP contribution in [-0.4, -0.2) is 51.6 Å². The molecular formula is C13H26O6. The smallest absolute Gasteiger partial charge is 0.334 e. The first kappa shape index (κ1) is 20.2. The summed E-state index contributed by atoms with van der Waals surface area (Å²) in [6.45, 7) is 7.92. The fourth-order valence-electron chi connectivity index (χ4n) is 0.772. The van der Waals surface area contributed by atoms with Crippen molar-refractivity contribution in [3.63, 3.8) is 0 Å². The number of carbonyl (C=O) groups excluding carboxylic acids is 2. The van der Waals surface area contributed by atoms with Crippen molar-refractivity contribution >= 4 is 11.9 Å². The van der Waals surface area contributed by atoms with E-state index in [1.54, 1.807) is 20.8 Å². The van der Waals surface area contributed by atoms with Gasteiger partial charge < -0.3 is 18.9 Å². The lowest BCUT2D eigenvalue weighted by atomic mass is 10.4. The number of esters is 2. The van der Waals surface area contributed by atoms with Crippen molar-refractivity contribution in [1.29, 1.82) is 0 Å². The second-order valence-corrected chi connectivity index (χ2v) is 3.68. The van der Waals surface area contributed by atoms with Crippen LogP contribution in [0.5, 0.6) is 0 Å². The number of carbonyl (C=O) groups is 2. The predicted molar refractivity (Wildman–Crippen MR) is 70.8 cm³/mol. The fraction of sp³-hybridized carbons (Fsp3) is 0.846. The molecule has 0 amide bonds. The molecule has 114 valence electrons. The summed E-state index contributed by atoms with van der Waals surface area (Å²) in [6.07, 6.45) is -0.0289. The van der Waals surface area contributed by atoms with E-state index in [1.165, 1.54) is 14.2 Å². The minimum Gasteiger partial charge on any atom is -0.464 e. The van der Waals surface area contributed by atoms with Crippen LogP contribution in [0.2, 0.25) is 0 Å². The summed E-state index contributed by atoms with van der Waals surface area (Å²) in [5, 5.41) is 0. The van der Waals surface area contributed by atoms with E-state index in [1.807, 2.05) is 6.92 Å². The second kappa shape index (κ2) is 13.3. The Balaban J connectivity index is 0. The van der Waals surface area contributed by atoms with Crippen LogP contribution in [0.4, 0.5) is 0 Å². The lowest BCUT2D eigenvalue weighted by Crippen LogP contribution is -2.21. The molecule has 0 heterocycles. The van der Waals surface area contributed by atoms with E-state index >= 15 is 0 Å². The standard InChI is InChI=1S/C7H14O3.C6H12O3/c1-4-5-10-7(8)6(2)9-3;1-4-9-6(7)5(2)8-3/h6H,4-5H2,1-3H3;5H,4H2,1-3H3. The molecule has 0 fully saturated rings. The molecule has 2 atom stereocenters. The van der Waals surface area contributed by atoms with E-state index in [2.05, 4.69) is 9.47 Å². The van der Waals surface area contributed by atoms with Crippen LogP contribution in [0.3, 0.4) is 0 Å². The van der Waals surface area contributed by atoms with Crippen molar-refractivity contribution in [2.45, 2.75) is 46.3 Å². The Morgan fingerprint density at radius 3 is 1.63 bits per heavy atom. The quantitative estimate of drug-likeness (QED) is 0.658. The first-order valence-corrected chi connectivity index (χ1v) is 6.33. The highest BCUT2D eigenvalue weighted by atomic mass is 16.6. The molecule has 0 aromatic heterocycles. The molecule has 0 aliphatic heterocycles. The van der Waals surface area contributed by atoms with Gasteiger partial charge in [-0.15, -0.1) is 0 Å². The van der Waals surface area contributed by atoms with Crippen LogP contribution in [0.1, 0.15) is 34.1 Å². The summed E-state index contributed by atoms with van der Waals surface area (Å²) in [5.74, 6) is -0.593. The Bertz CT molecular complexity index is 241. The molecule has 0 aliphatic carbocycles. The Kier molecular flexibility index (Phi) is 14.1. The summed E-state index contributed by atoms with van der Waals surface area (Å²) < 4.78 is 18.8. The van der Waals surface area contributed by atoms with Gasteiger partial charge in [0.05, 0.1) is 13.2 Å². The third-order valence-electron chi connectivity index (χ3n) is 2.11. The molecule has 0 aromatic rings. The third kappa shape index (κ3) is 11.7. The SMILES string of the molecule is CCCOC(=O)C(C)OC.CCOC(=O)C(C)OC. The van der Waals surface area contributed by atoms with E-state index in [0.29, 0.717) is 13.2 Å². The molecule has 0 radical (unpaired) electrons. The number of ether oxygens (including phenoxy) is 4. The minimum atomic E-state index is -0.440. The van der Waals surface area contributed by atoms with Crippen molar-refractivity contribution < 1.29 is 28.5 Å². The van der Waals surface area contributed by atoms with Crippen LogP contribution in [0.15, 0.2) is 0 Å². The largest absolute Gasteiger partial charge is 0.464 e. The Morgan fingerprint density at radius 2 is 1.32 bits per heavy atom. The molecule has 0 rings (SSSR count). The van der Waals surface area contributed by atoms with Crippen LogP contribution in [0, 0.1) is 0 Å². The number of rotatable bonds is 7. The van der Waals surface area contributed by atoms with Gasteiger partial charge in [0.2, 0.25) is 0 Å². The van der Waals surface area contributed by atoms with Gasteiger partial charge >= 0.3 is 11.9 Å². The Labute approximate surface area is 115 Å². The second-order valence-electron chi connectivity index (χ2n) is 3.68. The van der Waals surface area contributed by atoms with Gasteiger partial charge in [0.15, 0.2) is 12.2 Å². The molecule has 6 heteroatoms. The zero-order valence-electron chi connectivity index (χ0n) is 12.7. The average Bonchev–Trinajstić information content (AvgIpc) is 2.43. The van der Waals surface area contributed by atoms with Gasteiger partial charge in [-0.1, -0.05) is 6.92 Å². The molecular weight excluding hydrogens is 252 g/mol. The van der Waals surface area contributed by atoms with Crippen molar-refractivity contribution in [3.8, 4) is 0 Å². The van der Waals surface area contributed by atoms with Gasteiger partial charge in [0.1, 0.15) is 0 Å². The van der Waals surface area contributed by atoms with Crippen molar-refractivity contribution in [1.82, 2.24) is 0 Å². The van der Waals surface area contributed by atoms with E-state index in [9.17, 15) is 9.59 Å². The highest BCUT2D eigenvalue weighted by molar-refractivity contribution is 5.74. The monoisotopic (exact) mass is 278 g/mol. The van der Waals surface area contributed by atoms with Gasteiger partial charge in [-0.3, -0.25) is 0 Å². The van der Waals surface area contributed by atoms with Crippen molar-refractivity contribution in [2.24, 2.45) is 0 Å². The minimum absolute atomic E-state index is 0.288. The van der Waals surface area contributed by atoms with Gasteiger partial charge in [-0.2, -0.15) is 0 Å². The van der Waals surface area contributed by atoms with E-state index in [4.69, 9.17) is 9.47 Å². The summed E-state index contributed by atoms with van der Waals surface area (Å²) in [7, 11) is 2.96. The van der Waals surface area contributed by atoms with Crippen LogP contribution >= 0.6 is 0 Å². The maximum atomic E-state index is 10.8. The predicted octanol–water partition coefficient (Wildman–Crippen LogP) is 1.56. The lowest BCUT2D eigenvalue weighted by Gasteiger charge is -2.07. The zero-order chi connectivity index (χ0) is 15.3. The molecule has 19 heavy (non-hydrogen) atoms. The molecule has 0 spiro atoms. The van der Waals surface area contributed by atoms with Gasteiger partial charge in [-0.05, 0) is 27.2 Å². The van der Waals surface area contributed by atoms with E-state index in [-0.39, 0.29) is 11.9 Å². The highest BCUT2D eigenvalue weighted by Crippen LogP contribution is 1.92. The fourth-order valence-corrected chi connectivity index (χ4v) is 0.772. The topological polar surface area (TPSA) is 71.1 Å². The average molecular weight is 278 g/mol. The van der Waals surface area contributed by atoms with Gasteiger partial charge in [-0.25, -0.2) is 9.59 Å². The highest BCUT2D eigenvalue weighted by Gasteiger charge is 2.11. The third-order valence-corrected chi connectivity index (χ3v) is 2.11.